The van der Waals surface area contributed by atoms with Crippen LogP contribution in [0.1, 0.15) is 23.8 Å². The smallest absolute Gasteiger partial charge is 0.287 e. The van der Waals surface area contributed by atoms with Crippen molar-refractivity contribution in [1.29, 1.82) is 0 Å². The van der Waals surface area contributed by atoms with Crippen molar-refractivity contribution in [1.82, 2.24) is 14.8 Å². The van der Waals surface area contributed by atoms with Gasteiger partial charge in [-0.2, -0.15) is 0 Å². The van der Waals surface area contributed by atoms with Gasteiger partial charge < -0.3 is 9.88 Å². The zero-order valence-corrected chi connectivity index (χ0v) is 12.3. The SMILES string of the molecule is CCN(CCCN(C)C)CC(=O)c1cc([N+](=O)[O-])c[nH]1. The van der Waals surface area contributed by atoms with E-state index in [9.17, 15) is 14.9 Å². The maximum absolute atomic E-state index is 12.0. The van der Waals surface area contributed by atoms with Crippen LogP contribution >= 0.6 is 0 Å². The molecule has 7 heteroatoms. The topological polar surface area (TPSA) is 82.5 Å². The summed E-state index contributed by atoms with van der Waals surface area (Å²) in [6.07, 6.45) is 2.23. The molecular formula is C13H22N4O3. The molecule has 1 rings (SSSR count). The molecule has 0 aliphatic rings. The second kappa shape index (κ2) is 7.76. The number of ketones is 1. The molecule has 0 unspecified atom stereocenters. The predicted octanol–water partition coefficient (Wildman–Crippen LogP) is 1.38. The summed E-state index contributed by atoms with van der Waals surface area (Å²) in [5.41, 5.74) is 0.215. The number of likely N-dealkylation sites (N-methyl/N-ethyl adjacent to an activating group) is 1. The van der Waals surface area contributed by atoms with Crippen molar-refractivity contribution < 1.29 is 9.72 Å². The number of Topliss-reactive ketones (excluding diaryl/α,β-unsaturated/α-hetero) is 1. The Morgan fingerprint density at radius 3 is 2.60 bits per heavy atom. The van der Waals surface area contributed by atoms with Crippen LogP contribution in [0.3, 0.4) is 0 Å². The number of carbonyl (C=O) groups is 1. The molecule has 7 nitrogen and oxygen atoms in total. The van der Waals surface area contributed by atoms with Gasteiger partial charge in [0.1, 0.15) is 0 Å². The van der Waals surface area contributed by atoms with E-state index in [0.29, 0.717) is 5.69 Å². The molecule has 0 spiro atoms. The van der Waals surface area contributed by atoms with Gasteiger partial charge in [-0.05, 0) is 40.2 Å². The maximum atomic E-state index is 12.0. The zero-order valence-electron chi connectivity index (χ0n) is 12.3. The number of rotatable bonds is 9. The highest BCUT2D eigenvalue weighted by Crippen LogP contribution is 2.13. The van der Waals surface area contributed by atoms with E-state index in [-0.39, 0.29) is 18.0 Å². The number of nitrogens with one attached hydrogen (secondary N) is 1. The molecule has 1 N–H and O–H groups in total. The summed E-state index contributed by atoms with van der Waals surface area (Å²) in [5, 5.41) is 10.6. The average Bonchev–Trinajstić information content (AvgIpc) is 2.86. The summed E-state index contributed by atoms with van der Waals surface area (Å²) in [4.78, 5) is 28.9. The summed E-state index contributed by atoms with van der Waals surface area (Å²) < 4.78 is 0. The van der Waals surface area contributed by atoms with Crippen molar-refractivity contribution in [3.8, 4) is 0 Å². The number of aromatic amines is 1. The fraction of sp³-hybridized carbons (Fsp3) is 0.615. The van der Waals surface area contributed by atoms with Crippen LogP contribution in [0.4, 0.5) is 5.69 Å². The monoisotopic (exact) mass is 282 g/mol. The van der Waals surface area contributed by atoms with E-state index in [1.165, 1.54) is 12.3 Å². The lowest BCUT2D eigenvalue weighted by atomic mass is 10.2. The van der Waals surface area contributed by atoms with E-state index < -0.39 is 4.92 Å². The fourth-order valence-corrected chi connectivity index (χ4v) is 1.90. The minimum absolute atomic E-state index is 0.0796. The van der Waals surface area contributed by atoms with Crippen molar-refractivity contribution in [3.05, 3.63) is 28.1 Å². The molecule has 0 aliphatic heterocycles. The Morgan fingerprint density at radius 1 is 1.40 bits per heavy atom. The molecule has 1 aromatic rings. The Bertz CT molecular complexity index is 456. The normalized spacial score (nSPS) is 11.2. The third kappa shape index (κ3) is 5.10. The predicted molar refractivity (Wildman–Crippen MR) is 77.1 cm³/mol. The third-order valence-electron chi connectivity index (χ3n) is 3.07. The molecule has 20 heavy (non-hydrogen) atoms. The summed E-state index contributed by atoms with van der Waals surface area (Å²) >= 11 is 0. The Balaban J connectivity index is 2.51. The largest absolute Gasteiger partial charge is 0.353 e. The highest BCUT2D eigenvalue weighted by Gasteiger charge is 2.16. The molecule has 0 saturated heterocycles. The van der Waals surface area contributed by atoms with E-state index in [2.05, 4.69) is 9.88 Å². The van der Waals surface area contributed by atoms with Gasteiger partial charge in [-0.1, -0.05) is 6.92 Å². The molecule has 0 aliphatic carbocycles. The molecule has 0 aromatic carbocycles. The second-order valence-corrected chi connectivity index (χ2v) is 4.98. The van der Waals surface area contributed by atoms with Gasteiger partial charge in [0.25, 0.3) is 5.69 Å². The van der Waals surface area contributed by atoms with Crippen molar-refractivity contribution in [3.63, 3.8) is 0 Å². The van der Waals surface area contributed by atoms with Crippen molar-refractivity contribution in [2.75, 3.05) is 40.3 Å². The first-order valence-corrected chi connectivity index (χ1v) is 6.67. The lowest BCUT2D eigenvalue weighted by Crippen LogP contribution is -2.32. The lowest BCUT2D eigenvalue weighted by Gasteiger charge is -2.20. The second-order valence-electron chi connectivity index (χ2n) is 4.98. The van der Waals surface area contributed by atoms with Crippen molar-refractivity contribution in [2.45, 2.75) is 13.3 Å². The molecule has 0 radical (unpaired) electrons. The van der Waals surface area contributed by atoms with Crippen LogP contribution in [0, 0.1) is 10.1 Å². The Kier molecular flexibility index (Phi) is 6.33. The highest BCUT2D eigenvalue weighted by atomic mass is 16.6. The summed E-state index contributed by atoms with van der Waals surface area (Å²) in [5.74, 6) is -0.121. The van der Waals surface area contributed by atoms with Crippen LogP contribution in [-0.4, -0.2) is 65.8 Å². The fourth-order valence-electron chi connectivity index (χ4n) is 1.90. The minimum atomic E-state index is -0.512. The van der Waals surface area contributed by atoms with Crippen LogP contribution in [0.5, 0.6) is 0 Å². The number of hydrogen-bond donors (Lipinski definition) is 1. The van der Waals surface area contributed by atoms with Gasteiger partial charge in [-0.3, -0.25) is 19.8 Å². The van der Waals surface area contributed by atoms with E-state index >= 15 is 0 Å². The molecule has 1 aromatic heterocycles. The number of nitro groups is 1. The average molecular weight is 282 g/mol. The van der Waals surface area contributed by atoms with Crippen LogP contribution in [-0.2, 0) is 0 Å². The molecule has 0 amide bonds. The lowest BCUT2D eigenvalue weighted by molar-refractivity contribution is -0.384. The van der Waals surface area contributed by atoms with Gasteiger partial charge in [0.2, 0.25) is 0 Å². The van der Waals surface area contributed by atoms with Crippen LogP contribution in [0.15, 0.2) is 12.3 Å². The Labute approximate surface area is 118 Å². The molecule has 0 atom stereocenters. The zero-order chi connectivity index (χ0) is 15.1. The summed E-state index contributed by atoms with van der Waals surface area (Å²) in [6.45, 7) is 4.87. The maximum Gasteiger partial charge on any atom is 0.287 e. The van der Waals surface area contributed by atoms with Crippen molar-refractivity contribution in [2.24, 2.45) is 0 Å². The minimum Gasteiger partial charge on any atom is -0.353 e. The molecule has 1 heterocycles. The van der Waals surface area contributed by atoms with Gasteiger partial charge in [-0.15, -0.1) is 0 Å². The number of hydrogen-bond acceptors (Lipinski definition) is 5. The quantitative estimate of drug-likeness (QED) is 0.420. The number of H-pyrrole nitrogens is 1. The molecule has 0 fully saturated rings. The highest BCUT2D eigenvalue weighted by molar-refractivity contribution is 5.96. The van der Waals surface area contributed by atoms with E-state index in [4.69, 9.17) is 0 Å². The summed E-state index contributed by atoms with van der Waals surface area (Å²) in [7, 11) is 4.03. The van der Waals surface area contributed by atoms with Gasteiger partial charge in [0.05, 0.1) is 23.4 Å². The molecule has 0 saturated carbocycles. The van der Waals surface area contributed by atoms with Gasteiger partial charge in [0, 0.05) is 6.07 Å². The Morgan fingerprint density at radius 2 is 2.10 bits per heavy atom. The number of aromatic nitrogens is 1. The van der Waals surface area contributed by atoms with Crippen LogP contribution < -0.4 is 0 Å². The third-order valence-corrected chi connectivity index (χ3v) is 3.07. The van der Waals surface area contributed by atoms with Crippen LogP contribution in [0.2, 0.25) is 0 Å². The van der Waals surface area contributed by atoms with Crippen molar-refractivity contribution >= 4 is 11.5 Å². The number of carbonyl (C=O) groups excluding carboxylic acids is 1. The molecule has 0 bridgehead atoms. The van der Waals surface area contributed by atoms with Gasteiger partial charge in [0.15, 0.2) is 5.78 Å². The summed E-state index contributed by atoms with van der Waals surface area (Å²) in [6, 6.07) is 1.29. The molecule has 112 valence electrons. The van der Waals surface area contributed by atoms with Crippen LogP contribution in [0.25, 0.3) is 0 Å². The van der Waals surface area contributed by atoms with E-state index in [0.717, 1.165) is 26.1 Å². The van der Waals surface area contributed by atoms with Gasteiger partial charge >= 0.3 is 0 Å². The first-order chi connectivity index (χ1) is 9.43. The molecular weight excluding hydrogens is 260 g/mol. The van der Waals surface area contributed by atoms with E-state index in [1.807, 2.05) is 25.9 Å². The number of nitrogens with zero attached hydrogens (tertiary/aromatic N) is 3. The first kappa shape index (κ1) is 16.3. The van der Waals surface area contributed by atoms with Gasteiger partial charge in [-0.25, -0.2) is 0 Å². The first-order valence-electron chi connectivity index (χ1n) is 6.67. The Hall–Kier alpha value is -1.73. The van der Waals surface area contributed by atoms with E-state index in [1.54, 1.807) is 0 Å². The standard InChI is InChI=1S/C13H22N4O3/c1-4-16(7-5-6-15(2)3)10-13(18)12-8-11(9-14-12)17(19)20/h8-9,14H,4-7,10H2,1-3H3.